The molecule has 2 heterocycles. The summed E-state index contributed by atoms with van der Waals surface area (Å²) in [4.78, 5) is 22.1. The maximum atomic E-state index is 11.5. The Morgan fingerprint density at radius 1 is 1.41 bits per heavy atom. The molecule has 4 atom stereocenters. The first-order chi connectivity index (χ1) is 8.10. The molecular weight excluding hydrogens is 228 g/mol. The van der Waals surface area contributed by atoms with Crippen LogP contribution in [0.4, 0.5) is 4.79 Å². The number of amides is 2. The van der Waals surface area contributed by atoms with Gasteiger partial charge in [-0.15, -0.1) is 0 Å². The summed E-state index contributed by atoms with van der Waals surface area (Å²) in [7, 11) is 0. The summed E-state index contributed by atoms with van der Waals surface area (Å²) < 4.78 is 5.56. The maximum absolute atomic E-state index is 11.5. The molecule has 2 bridgehead atoms. The summed E-state index contributed by atoms with van der Waals surface area (Å²) in [5.41, 5.74) is 0. The van der Waals surface area contributed by atoms with Crippen molar-refractivity contribution in [1.29, 1.82) is 0 Å². The van der Waals surface area contributed by atoms with Crippen molar-refractivity contribution in [2.75, 3.05) is 6.61 Å². The van der Waals surface area contributed by atoms with Gasteiger partial charge in [0.05, 0.1) is 24.9 Å². The van der Waals surface area contributed by atoms with Crippen molar-refractivity contribution in [3.63, 3.8) is 0 Å². The summed E-state index contributed by atoms with van der Waals surface area (Å²) in [6.45, 7) is -0.629. The summed E-state index contributed by atoms with van der Waals surface area (Å²) >= 11 is 0. The van der Waals surface area contributed by atoms with Crippen molar-refractivity contribution < 1.29 is 24.5 Å². The summed E-state index contributed by atoms with van der Waals surface area (Å²) in [5.74, 6) is -1.26. The minimum atomic E-state index is -1.27. The smallest absolute Gasteiger partial charge is 0.328 e. The van der Waals surface area contributed by atoms with Gasteiger partial charge in [0.15, 0.2) is 6.04 Å². The molecule has 2 saturated heterocycles. The van der Waals surface area contributed by atoms with Crippen molar-refractivity contribution in [3.8, 4) is 0 Å². The van der Waals surface area contributed by atoms with E-state index in [1.54, 1.807) is 0 Å². The number of ether oxygens (including phenoxy) is 1. The molecule has 2 fully saturated rings. The molecular formula is C10H16N2O5. The van der Waals surface area contributed by atoms with Crippen LogP contribution >= 0.6 is 0 Å². The van der Waals surface area contributed by atoms with Gasteiger partial charge < -0.3 is 25.6 Å². The number of aliphatic hydroxyl groups is 1. The molecule has 17 heavy (non-hydrogen) atoms. The molecule has 0 aromatic heterocycles. The number of carbonyl (C=O) groups excluding carboxylic acids is 1. The van der Waals surface area contributed by atoms with Gasteiger partial charge in [0.2, 0.25) is 0 Å². The maximum Gasteiger partial charge on any atom is 0.328 e. The van der Waals surface area contributed by atoms with Crippen molar-refractivity contribution in [3.05, 3.63) is 0 Å². The van der Waals surface area contributed by atoms with E-state index in [-0.39, 0.29) is 18.2 Å². The van der Waals surface area contributed by atoms with Crippen LogP contribution in [0.5, 0.6) is 0 Å². The molecule has 0 aromatic carbocycles. The quantitative estimate of drug-likeness (QED) is 0.510. The number of carboxylic acids is 1. The fourth-order valence-corrected chi connectivity index (χ4v) is 2.34. The first-order valence-electron chi connectivity index (χ1n) is 5.66. The predicted octanol–water partition coefficient (Wildman–Crippen LogP) is -0.949. The van der Waals surface area contributed by atoms with Crippen LogP contribution in [0, 0.1) is 0 Å². The van der Waals surface area contributed by atoms with E-state index in [2.05, 4.69) is 10.6 Å². The third-order valence-electron chi connectivity index (χ3n) is 3.21. The van der Waals surface area contributed by atoms with Crippen LogP contribution in [0.25, 0.3) is 0 Å². The number of hydrogen-bond acceptors (Lipinski definition) is 4. The second-order valence-electron chi connectivity index (χ2n) is 4.41. The first kappa shape index (κ1) is 12.1. The minimum absolute atomic E-state index is 0.0446. The molecule has 0 aromatic rings. The lowest BCUT2D eigenvalue weighted by Crippen LogP contribution is -2.52. The molecule has 2 amide bonds. The molecule has 2 aliphatic rings. The lowest BCUT2D eigenvalue weighted by Gasteiger charge is -2.21. The van der Waals surface area contributed by atoms with E-state index in [1.807, 2.05) is 0 Å². The van der Waals surface area contributed by atoms with Gasteiger partial charge in [-0.25, -0.2) is 9.59 Å². The largest absolute Gasteiger partial charge is 0.480 e. The monoisotopic (exact) mass is 244 g/mol. The summed E-state index contributed by atoms with van der Waals surface area (Å²) in [6.07, 6.45) is 2.99. The third-order valence-corrected chi connectivity index (χ3v) is 3.21. The Morgan fingerprint density at radius 3 is 2.65 bits per heavy atom. The van der Waals surface area contributed by atoms with Gasteiger partial charge in [-0.1, -0.05) is 0 Å². The first-order valence-corrected chi connectivity index (χ1v) is 5.66. The van der Waals surface area contributed by atoms with Gasteiger partial charge in [-0.2, -0.15) is 0 Å². The van der Waals surface area contributed by atoms with Crippen molar-refractivity contribution >= 4 is 12.0 Å². The topological polar surface area (TPSA) is 108 Å². The number of carboxylic acid groups (broad SMARTS) is 1. The van der Waals surface area contributed by atoms with Crippen LogP contribution in [-0.2, 0) is 9.53 Å². The van der Waals surface area contributed by atoms with Gasteiger partial charge in [-0.3, -0.25) is 0 Å². The number of aliphatic carboxylic acids is 1. The normalized spacial score (nSPS) is 32.2. The zero-order chi connectivity index (χ0) is 12.4. The Bertz CT molecular complexity index is 322. The highest BCUT2D eigenvalue weighted by Crippen LogP contribution is 2.34. The van der Waals surface area contributed by atoms with Crippen LogP contribution in [0.1, 0.15) is 19.3 Å². The molecule has 7 nitrogen and oxygen atoms in total. The van der Waals surface area contributed by atoms with Crippen LogP contribution in [-0.4, -0.2) is 53.1 Å². The van der Waals surface area contributed by atoms with Crippen molar-refractivity contribution in [2.24, 2.45) is 0 Å². The molecule has 0 saturated carbocycles. The van der Waals surface area contributed by atoms with E-state index in [0.29, 0.717) is 0 Å². The predicted molar refractivity (Wildman–Crippen MR) is 56.5 cm³/mol. The van der Waals surface area contributed by atoms with Gasteiger partial charge in [-0.05, 0) is 19.3 Å². The van der Waals surface area contributed by atoms with E-state index in [1.165, 1.54) is 0 Å². The number of fused-ring (bicyclic) bond motifs is 2. The molecule has 3 unspecified atom stereocenters. The van der Waals surface area contributed by atoms with Crippen molar-refractivity contribution in [1.82, 2.24) is 10.6 Å². The standard InChI is InChI=1S/C10H16N2O5/c13-4-7(9(14)15)12-10(16)11-6-3-5-1-2-8(6)17-5/h5-8,13H,1-4H2,(H,14,15)(H2,11,12,16)/t5?,6?,7-,8?/m0/s1. The molecule has 96 valence electrons. The van der Waals surface area contributed by atoms with E-state index in [0.717, 1.165) is 19.3 Å². The lowest BCUT2D eigenvalue weighted by atomic mass is 9.96. The Kier molecular flexibility index (Phi) is 3.49. The Balaban J connectivity index is 1.79. The second-order valence-corrected chi connectivity index (χ2v) is 4.41. The fourth-order valence-electron chi connectivity index (χ4n) is 2.34. The van der Waals surface area contributed by atoms with E-state index < -0.39 is 24.6 Å². The van der Waals surface area contributed by atoms with Crippen LogP contribution in [0.3, 0.4) is 0 Å². The molecule has 0 radical (unpaired) electrons. The average molecular weight is 244 g/mol. The van der Waals surface area contributed by atoms with Crippen LogP contribution in [0.15, 0.2) is 0 Å². The molecule has 0 aliphatic carbocycles. The molecule has 2 rings (SSSR count). The molecule has 4 N–H and O–H groups in total. The molecule has 2 aliphatic heterocycles. The summed E-state index contributed by atoms with van der Waals surface area (Å²) in [6, 6.07) is -1.90. The zero-order valence-electron chi connectivity index (χ0n) is 9.26. The Morgan fingerprint density at radius 2 is 2.18 bits per heavy atom. The highest BCUT2D eigenvalue weighted by molar-refractivity contribution is 5.82. The lowest BCUT2D eigenvalue weighted by molar-refractivity contribution is -0.140. The van der Waals surface area contributed by atoms with Gasteiger partial charge in [0, 0.05) is 0 Å². The van der Waals surface area contributed by atoms with Crippen molar-refractivity contribution in [2.45, 2.75) is 43.6 Å². The minimum Gasteiger partial charge on any atom is -0.480 e. The second kappa shape index (κ2) is 4.89. The highest BCUT2D eigenvalue weighted by Gasteiger charge is 2.41. The summed E-state index contributed by atoms with van der Waals surface area (Å²) in [5, 5.41) is 22.3. The SMILES string of the molecule is O=C(NC1CC2CCC1O2)N[C@@H](CO)C(=O)O. The number of urea groups is 1. The average Bonchev–Trinajstić information content (AvgIpc) is 2.87. The number of carbonyl (C=O) groups is 2. The Hall–Kier alpha value is -1.34. The van der Waals surface area contributed by atoms with Gasteiger partial charge in [0.25, 0.3) is 0 Å². The van der Waals surface area contributed by atoms with Gasteiger partial charge in [0.1, 0.15) is 0 Å². The van der Waals surface area contributed by atoms with Crippen LogP contribution in [0.2, 0.25) is 0 Å². The van der Waals surface area contributed by atoms with E-state index >= 15 is 0 Å². The fraction of sp³-hybridized carbons (Fsp3) is 0.800. The number of nitrogens with one attached hydrogen (secondary N) is 2. The van der Waals surface area contributed by atoms with Crippen LogP contribution < -0.4 is 10.6 Å². The molecule has 0 spiro atoms. The van der Waals surface area contributed by atoms with E-state index in [9.17, 15) is 9.59 Å². The highest BCUT2D eigenvalue weighted by atomic mass is 16.5. The number of aliphatic hydroxyl groups excluding tert-OH is 1. The number of hydrogen-bond donors (Lipinski definition) is 4. The Labute approximate surface area is 98.1 Å². The third kappa shape index (κ3) is 2.67. The van der Waals surface area contributed by atoms with Gasteiger partial charge >= 0.3 is 12.0 Å². The number of rotatable bonds is 4. The molecule has 7 heteroatoms. The van der Waals surface area contributed by atoms with E-state index in [4.69, 9.17) is 14.9 Å². The zero-order valence-corrected chi connectivity index (χ0v) is 9.26.